The first-order chi connectivity index (χ1) is 30.2. The first kappa shape index (κ1) is 60.4. The van der Waals surface area contributed by atoms with E-state index in [0.717, 1.165) is 69.6 Å². The molecule has 0 aromatic carbocycles. The van der Waals surface area contributed by atoms with Crippen molar-refractivity contribution in [2.24, 2.45) is 11.8 Å². The van der Waals surface area contributed by atoms with Crippen molar-refractivity contribution in [2.45, 2.75) is 317 Å². The van der Waals surface area contributed by atoms with Crippen molar-refractivity contribution in [1.29, 1.82) is 0 Å². The van der Waals surface area contributed by atoms with E-state index in [9.17, 15) is 14.4 Å². The lowest BCUT2D eigenvalue weighted by atomic mass is 10.0. The Hall–Kier alpha value is -1.59. The zero-order valence-corrected chi connectivity index (χ0v) is 42.5. The van der Waals surface area contributed by atoms with E-state index in [1.165, 1.54) is 199 Å². The summed E-state index contributed by atoms with van der Waals surface area (Å²) in [6, 6.07) is 0. The van der Waals surface area contributed by atoms with Crippen LogP contribution in [-0.2, 0) is 28.6 Å². The van der Waals surface area contributed by atoms with Crippen LogP contribution < -0.4 is 0 Å². The minimum atomic E-state index is -0.762. The molecule has 6 heteroatoms. The van der Waals surface area contributed by atoms with Crippen LogP contribution in [0.15, 0.2) is 0 Å². The van der Waals surface area contributed by atoms with Crippen molar-refractivity contribution >= 4 is 17.9 Å². The minimum absolute atomic E-state index is 0.0630. The molecule has 0 aliphatic rings. The summed E-state index contributed by atoms with van der Waals surface area (Å²) in [4.78, 5) is 38.0. The Kier molecular flexibility index (Phi) is 47.6. The van der Waals surface area contributed by atoms with Gasteiger partial charge in [0.05, 0.1) is 0 Å². The summed E-state index contributed by atoms with van der Waals surface area (Å²) in [5.74, 6) is 0.836. The predicted octanol–water partition coefficient (Wildman–Crippen LogP) is 18.1. The summed E-state index contributed by atoms with van der Waals surface area (Å²) in [6.45, 7) is 11.4. The minimum Gasteiger partial charge on any atom is -0.462 e. The molecule has 1 atom stereocenters. The molecule has 0 spiro atoms. The second kappa shape index (κ2) is 48.9. The van der Waals surface area contributed by atoms with Gasteiger partial charge in [0.15, 0.2) is 6.10 Å². The van der Waals surface area contributed by atoms with Gasteiger partial charge >= 0.3 is 17.9 Å². The van der Waals surface area contributed by atoms with E-state index in [-0.39, 0.29) is 31.1 Å². The van der Waals surface area contributed by atoms with E-state index in [2.05, 4.69) is 34.6 Å². The molecule has 0 aromatic heterocycles. The van der Waals surface area contributed by atoms with Crippen molar-refractivity contribution in [2.75, 3.05) is 13.2 Å². The van der Waals surface area contributed by atoms with Crippen molar-refractivity contribution in [3.63, 3.8) is 0 Å². The zero-order chi connectivity index (χ0) is 45.4. The van der Waals surface area contributed by atoms with Crippen LogP contribution >= 0.6 is 0 Å². The maximum absolute atomic E-state index is 12.8. The fraction of sp³-hybridized carbons (Fsp3) is 0.946. The average Bonchev–Trinajstić information content (AvgIpc) is 3.24. The topological polar surface area (TPSA) is 78.9 Å². The molecule has 0 amide bonds. The van der Waals surface area contributed by atoms with Gasteiger partial charge in [0, 0.05) is 19.3 Å². The molecule has 0 aliphatic carbocycles. The highest BCUT2D eigenvalue weighted by molar-refractivity contribution is 5.71. The van der Waals surface area contributed by atoms with Crippen molar-refractivity contribution < 1.29 is 28.6 Å². The van der Waals surface area contributed by atoms with Crippen LogP contribution in [0.2, 0.25) is 0 Å². The van der Waals surface area contributed by atoms with Gasteiger partial charge in [0.2, 0.25) is 0 Å². The molecule has 0 radical (unpaired) electrons. The molecule has 62 heavy (non-hydrogen) atoms. The Labute approximate surface area is 387 Å². The second-order valence-electron chi connectivity index (χ2n) is 20.2. The molecule has 0 unspecified atom stereocenters. The van der Waals surface area contributed by atoms with Gasteiger partial charge in [-0.05, 0) is 31.1 Å². The molecule has 0 N–H and O–H groups in total. The molecule has 0 aliphatic heterocycles. The molecule has 0 bridgehead atoms. The monoisotopic (exact) mass is 877 g/mol. The SMILES string of the molecule is CCCCCCCCCCCCCCC(=O)OC[C@H](COC(=O)CCCCCCCCCCCCCCCC(C)C)OC(=O)CCCCCCCCCCCCCCCC(C)C. The van der Waals surface area contributed by atoms with Gasteiger partial charge < -0.3 is 14.2 Å². The number of hydrogen-bond acceptors (Lipinski definition) is 6. The lowest BCUT2D eigenvalue weighted by molar-refractivity contribution is -0.167. The molecular weight excluding hydrogens is 769 g/mol. The van der Waals surface area contributed by atoms with Crippen LogP contribution in [0.3, 0.4) is 0 Å². The normalized spacial score (nSPS) is 12.0. The van der Waals surface area contributed by atoms with Crippen LogP contribution in [0.1, 0.15) is 311 Å². The molecule has 368 valence electrons. The highest BCUT2D eigenvalue weighted by atomic mass is 16.6. The summed E-state index contributed by atoms with van der Waals surface area (Å²) in [5.41, 5.74) is 0. The molecule has 0 saturated heterocycles. The van der Waals surface area contributed by atoms with Gasteiger partial charge in [-0.1, -0.05) is 272 Å². The molecule has 6 nitrogen and oxygen atoms in total. The van der Waals surface area contributed by atoms with Crippen LogP contribution in [0.25, 0.3) is 0 Å². The summed E-state index contributed by atoms with van der Waals surface area (Å²) in [5, 5.41) is 0. The Morgan fingerprint density at radius 3 is 0.790 bits per heavy atom. The fourth-order valence-electron chi connectivity index (χ4n) is 8.52. The highest BCUT2D eigenvalue weighted by Gasteiger charge is 2.19. The van der Waals surface area contributed by atoms with Crippen LogP contribution in [0.4, 0.5) is 0 Å². The number of carbonyl (C=O) groups is 3. The maximum Gasteiger partial charge on any atom is 0.306 e. The van der Waals surface area contributed by atoms with E-state index in [4.69, 9.17) is 14.2 Å². The van der Waals surface area contributed by atoms with Gasteiger partial charge in [0.25, 0.3) is 0 Å². The van der Waals surface area contributed by atoms with Crippen LogP contribution in [-0.4, -0.2) is 37.2 Å². The Morgan fingerprint density at radius 2 is 0.532 bits per heavy atom. The number of esters is 3. The summed E-state index contributed by atoms with van der Waals surface area (Å²) in [7, 11) is 0. The molecule has 0 aromatic rings. The lowest BCUT2D eigenvalue weighted by Gasteiger charge is -2.18. The van der Waals surface area contributed by atoms with E-state index in [1.54, 1.807) is 0 Å². The summed E-state index contributed by atoms with van der Waals surface area (Å²) < 4.78 is 16.9. The Bertz CT molecular complexity index is 947. The van der Waals surface area contributed by atoms with Crippen molar-refractivity contribution in [1.82, 2.24) is 0 Å². The molecule has 0 saturated carbocycles. The van der Waals surface area contributed by atoms with Gasteiger partial charge in [0.1, 0.15) is 13.2 Å². The van der Waals surface area contributed by atoms with E-state index >= 15 is 0 Å². The predicted molar refractivity (Wildman–Crippen MR) is 266 cm³/mol. The largest absolute Gasteiger partial charge is 0.462 e. The van der Waals surface area contributed by atoms with E-state index in [1.807, 2.05) is 0 Å². The molecule has 0 heterocycles. The molecule has 0 fully saturated rings. The fourth-order valence-corrected chi connectivity index (χ4v) is 8.52. The van der Waals surface area contributed by atoms with E-state index < -0.39 is 6.10 Å². The first-order valence-corrected chi connectivity index (χ1v) is 27.7. The van der Waals surface area contributed by atoms with Crippen LogP contribution in [0, 0.1) is 11.8 Å². The van der Waals surface area contributed by atoms with Gasteiger partial charge in [-0.3, -0.25) is 14.4 Å². The number of rotatable bonds is 50. The van der Waals surface area contributed by atoms with Crippen LogP contribution in [0.5, 0.6) is 0 Å². The smallest absolute Gasteiger partial charge is 0.306 e. The molecule has 0 rings (SSSR count). The van der Waals surface area contributed by atoms with Gasteiger partial charge in [-0.15, -0.1) is 0 Å². The third-order valence-corrected chi connectivity index (χ3v) is 12.7. The Balaban J connectivity index is 4.30. The quantitative estimate of drug-likeness (QED) is 0.0344. The number of hydrogen-bond donors (Lipinski definition) is 0. The highest BCUT2D eigenvalue weighted by Crippen LogP contribution is 2.18. The Morgan fingerprint density at radius 1 is 0.306 bits per heavy atom. The van der Waals surface area contributed by atoms with Crippen molar-refractivity contribution in [3.05, 3.63) is 0 Å². The summed E-state index contributed by atoms with van der Waals surface area (Å²) >= 11 is 0. The number of unbranched alkanes of at least 4 members (excludes halogenated alkanes) is 35. The zero-order valence-electron chi connectivity index (χ0n) is 42.5. The van der Waals surface area contributed by atoms with Gasteiger partial charge in [-0.25, -0.2) is 0 Å². The third-order valence-electron chi connectivity index (χ3n) is 12.7. The second-order valence-corrected chi connectivity index (χ2v) is 20.2. The maximum atomic E-state index is 12.8. The van der Waals surface area contributed by atoms with Crippen molar-refractivity contribution in [3.8, 4) is 0 Å². The number of carbonyl (C=O) groups excluding carboxylic acids is 3. The average molecular weight is 877 g/mol. The first-order valence-electron chi connectivity index (χ1n) is 27.7. The molecular formula is C56H108O6. The summed E-state index contributed by atoms with van der Waals surface area (Å²) in [6.07, 6.45) is 50.9. The number of ether oxygens (including phenoxy) is 3. The van der Waals surface area contributed by atoms with Gasteiger partial charge in [-0.2, -0.15) is 0 Å². The standard InChI is InChI=1S/C56H108O6/c1-6-7-8-9-10-11-12-21-26-31-36-41-46-54(57)60-49-53(62-56(59)48-43-38-33-28-23-18-14-16-20-25-30-35-40-45-52(4)5)50-61-55(58)47-42-37-32-27-22-17-13-15-19-24-29-34-39-44-51(2)3/h51-53H,6-50H2,1-5H3/t53-/m1/s1. The lowest BCUT2D eigenvalue weighted by Crippen LogP contribution is -2.30. The third kappa shape index (κ3) is 49.4. The van der Waals surface area contributed by atoms with E-state index in [0.29, 0.717) is 19.3 Å².